The molecule has 2 aliphatic heterocycles. The number of unbranched alkanes of at least 4 members (excludes halogenated alkanes) is 15. The highest BCUT2D eigenvalue weighted by molar-refractivity contribution is 7.61. The zero-order valence-electron chi connectivity index (χ0n) is 44.4. The smallest absolute Gasteiger partial charge is 0.462 e. The molecule has 0 spiro atoms. The van der Waals surface area contributed by atoms with E-state index in [9.17, 15) is 58.8 Å². The van der Waals surface area contributed by atoms with Gasteiger partial charge in [0.15, 0.2) is 6.10 Å². The van der Waals surface area contributed by atoms with Gasteiger partial charge in [-0.05, 0) is 57.4 Å². The summed E-state index contributed by atoms with van der Waals surface area (Å²) in [5.41, 5.74) is 4.82. The van der Waals surface area contributed by atoms with E-state index in [0.29, 0.717) is 44.9 Å². The zero-order valence-corrected chi connectivity index (χ0v) is 46.2. The fraction of sp³-hybridized carbons (Fsp3) is 0.808. The molecule has 12 atom stereocenters. The van der Waals surface area contributed by atoms with E-state index >= 15 is 0 Å². The first-order valence-electron chi connectivity index (χ1n) is 27.6. The lowest BCUT2D eigenvalue weighted by Gasteiger charge is -2.41. The van der Waals surface area contributed by atoms with Crippen LogP contribution in [0.1, 0.15) is 193 Å². The third-order valence-corrected chi connectivity index (χ3v) is 16.2. The summed E-state index contributed by atoms with van der Waals surface area (Å²) >= 11 is 0. The number of aliphatic hydroxyl groups excluding tert-OH is 5. The summed E-state index contributed by atoms with van der Waals surface area (Å²) in [7, 11) is -11.3. The van der Waals surface area contributed by atoms with Crippen molar-refractivity contribution in [1.82, 2.24) is 9.55 Å². The molecule has 0 aliphatic carbocycles. The van der Waals surface area contributed by atoms with Gasteiger partial charge in [-0.1, -0.05) is 141 Å². The molecule has 2 unspecified atom stereocenters. The monoisotopic (exact) mass is 1110 g/mol. The summed E-state index contributed by atoms with van der Waals surface area (Å²) in [6, 6.07) is 1.26. The van der Waals surface area contributed by atoms with Crippen LogP contribution in [0.3, 0.4) is 0 Å². The zero-order chi connectivity index (χ0) is 55.1. The first-order valence-corrected chi connectivity index (χ1v) is 30.6. The Morgan fingerprint density at radius 2 is 1.41 bits per heavy atom. The SMILES string of the molecule is CCCCCCCC/C=C\CCCCCCCCCC(=O)OC[C@@H]1COP(=O)(O)OP(=O)(O)OC[C@H]2O[C@@H](n3ccc(N)nc3=O)[C@@H](CCCCCCC(=O)O1)[C@@H](O)C[C@@H](O)[C@H](/C=C\[C@@H](O)CCCCC)[C@H](O)[C@@H]2O. The third-order valence-electron chi connectivity index (χ3n) is 13.6. The molecule has 2 bridgehead atoms. The maximum Gasteiger partial charge on any atom is 0.481 e. The predicted molar refractivity (Wildman–Crippen MR) is 282 cm³/mol. The second-order valence-electron chi connectivity index (χ2n) is 20.0. The van der Waals surface area contributed by atoms with Gasteiger partial charge in [-0.25, -0.2) is 13.9 Å². The standard InChI is InChI=1S/C52H91N3O18P2/c1-3-5-7-8-9-10-11-12-13-14-15-16-17-18-19-20-25-29-47(59)68-36-40-37-69-74(64,65)73-75(66,67)70-38-45-50(62)49(61)41(32-31-39(56)27-23-6-4-2)43(57)35-44(58)42(28-24-21-22-26-30-48(60)71-40)51(72-45)55-34-33-46(53)54-52(55)63/h12-13,31-34,39-45,49-51,56-58,61-62H,3-11,14-30,35-38H2,1-2H3,(H,64,65)(H,66,67)(H2,53,54,63)/b13-12-,32-31-/t39-,40+,41-,42-,43+,44-,45+,49-,50+,51+/m0/s1. The summed E-state index contributed by atoms with van der Waals surface area (Å²) in [6.45, 7) is 1.56. The number of carbonyl (C=O) groups is 2. The van der Waals surface area contributed by atoms with Gasteiger partial charge < -0.3 is 55.3 Å². The van der Waals surface area contributed by atoms with Crippen molar-refractivity contribution in [3.8, 4) is 0 Å². The Hall–Kier alpha value is -2.88. The highest BCUT2D eigenvalue weighted by atomic mass is 31.3. The lowest BCUT2D eigenvalue weighted by molar-refractivity contribution is -0.195. The Balaban J connectivity index is 1.71. The minimum absolute atomic E-state index is 0.0838. The van der Waals surface area contributed by atoms with Crippen LogP contribution in [0.4, 0.5) is 5.82 Å². The molecule has 1 aromatic heterocycles. The minimum Gasteiger partial charge on any atom is -0.462 e. The Morgan fingerprint density at radius 1 is 0.813 bits per heavy atom. The summed E-state index contributed by atoms with van der Waals surface area (Å²) in [4.78, 5) is 64.3. The Kier molecular flexibility index (Phi) is 32.8. The number of carbonyl (C=O) groups excluding carboxylic acids is 2. The predicted octanol–water partition coefficient (Wildman–Crippen LogP) is 8.16. The van der Waals surface area contributed by atoms with Crippen LogP contribution >= 0.6 is 15.6 Å². The second-order valence-corrected chi connectivity index (χ2v) is 23.1. The highest BCUT2D eigenvalue weighted by Gasteiger charge is 2.45. The quantitative estimate of drug-likeness (QED) is 0.0188. The number of allylic oxidation sites excluding steroid dienone is 2. The number of nitrogens with zero attached hydrogens (tertiary/aromatic N) is 2. The molecule has 0 amide bonds. The van der Waals surface area contributed by atoms with Crippen molar-refractivity contribution in [2.45, 2.75) is 236 Å². The first kappa shape index (κ1) is 66.4. The van der Waals surface area contributed by atoms with E-state index in [4.69, 9.17) is 29.0 Å². The van der Waals surface area contributed by atoms with E-state index in [1.165, 1.54) is 62.9 Å². The fourth-order valence-corrected chi connectivity index (χ4v) is 11.3. The summed E-state index contributed by atoms with van der Waals surface area (Å²) in [5, 5.41) is 57.5. The number of aliphatic hydroxyl groups is 5. The van der Waals surface area contributed by atoms with Gasteiger partial charge in [-0.15, -0.1) is 0 Å². The van der Waals surface area contributed by atoms with Crippen LogP contribution in [-0.2, 0) is 46.3 Å². The van der Waals surface area contributed by atoms with E-state index < -0.39 is 120 Å². The topological polar surface area (TPSA) is 326 Å². The molecule has 3 heterocycles. The molecule has 21 nitrogen and oxygen atoms in total. The van der Waals surface area contributed by atoms with Crippen LogP contribution in [0.25, 0.3) is 0 Å². The second kappa shape index (κ2) is 37.1. The molecular weight excluding hydrogens is 1020 g/mol. The average molecular weight is 1110 g/mol. The maximum atomic E-state index is 13.4. The van der Waals surface area contributed by atoms with Crippen molar-refractivity contribution in [2.24, 2.45) is 11.8 Å². The van der Waals surface area contributed by atoms with Gasteiger partial charge in [0.05, 0.1) is 37.6 Å². The molecule has 2 aliphatic rings. The summed E-state index contributed by atoms with van der Waals surface area (Å²) < 4.78 is 59.2. The molecule has 0 saturated carbocycles. The van der Waals surface area contributed by atoms with Crippen molar-refractivity contribution in [2.75, 3.05) is 25.6 Å². The van der Waals surface area contributed by atoms with Crippen LogP contribution in [0, 0.1) is 11.8 Å². The van der Waals surface area contributed by atoms with Gasteiger partial charge in [0.1, 0.15) is 30.9 Å². The van der Waals surface area contributed by atoms with E-state index in [1.807, 2.05) is 6.92 Å². The number of ether oxygens (including phenoxy) is 3. The normalized spacial score (nSPS) is 29.8. The van der Waals surface area contributed by atoms with Gasteiger partial charge in [0, 0.05) is 37.3 Å². The van der Waals surface area contributed by atoms with E-state index in [1.54, 1.807) is 0 Å². The molecule has 75 heavy (non-hydrogen) atoms. The number of rotatable bonds is 26. The lowest BCUT2D eigenvalue weighted by atomic mass is 9.82. The number of anilines is 1. The summed E-state index contributed by atoms with van der Waals surface area (Å²) in [5.74, 6) is -3.97. The average Bonchev–Trinajstić information content (AvgIpc) is 3.35. The molecule has 23 heteroatoms. The van der Waals surface area contributed by atoms with Crippen molar-refractivity contribution >= 4 is 33.4 Å². The number of nitrogens with two attached hydrogens (primary N) is 1. The van der Waals surface area contributed by atoms with Gasteiger partial charge in [0.2, 0.25) is 0 Å². The number of phosphoric ester groups is 2. The Labute approximate surface area is 443 Å². The summed E-state index contributed by atoms with van der Waals surface area (Å²) in [6.07, 6.45) is 16.2. The van der Waals surface area contributed by atoms with Gasteiger partial charge >= 0.3 is 33.3 Å². The number of fused-ring (bicyclic) bond motifs is 3. The van der Waals surface area contributed by atoms with Crippen LogP contribution < -0.4 is 11.4 Å². The number of cyclic esters (lactones) is 1. The number of phosphoric acid groups is 2. The number of nitrogen functional groups attached to an aromatic ring is 1. The molecule has 0 radical (unpaired) electrons. The van der Waals surface area contributed by atoms with Crippen LogP contribution in [-0.4, -0.2) is 119 Å². The molecular formula is C52H91N3O18P2. The first-order chi connectivity index (χ1) is 35.9. The number of aromatic nitrogens is 2. The van der Waals surface area contributed by atoms with Crippen LogP contribution in [0.2, 0.25) is 0 Å². The highest BCUT2D eigenvalue weighted by Crippen LogP contribution is 2.60. The lowest BCUT2D eigenvalue weighted by Crippen LogP contribution is -2.52. The molecule has 2 fully saturated rings. The molecule has 2 saturated heterocycles. The number of esters is 2. The molecule has 3 rings (SSSR count). The Bertz CT molecular complexity index is 1980. The molecule has 1 aromatic rings. The van der Waals surface area contributed by atoms with E-state index in [2.05, 4.69) is 28.4 Å². The minimum atomic E-state index is -5.69. The molecule has 432 valence electrons. The van der Waals surface area contributed by atoms with Crippen molar-refractivity contribution in [1.29, 1.82) is 0 Å². The Morgan fingerprint density at radius 3 is 2.07 bits per heavy atom. The van der Waals surface area contributed by atoms with Crippen molar-refractivity contribution in [3.05, 3.63) is 47.1 Å². The largest absolute Gasteiger partial charge is 0.481 e. The van der Waals surface area contributed by atoms with Crippen LogP contribution in [0.5, 0.6) is 0 Å². The maximum absolute atomic E-state index is 13.4. The number of hydrogen-bond acceptors (Lipinski definition) is 18. The van der Waals surface area contributed by atoms with Gasteiger partial charge in [0.25, 0.3) is 0 Å². The molecule has 9 N–H and O–H groups in total. The van der Waals surface area contributed by atoms with Gasteiger partial charge in [-0.3, -0.25) is 23.2 Å². The van der Waals surface area contributed by atoms with Crippen molar-refractivity contribution in [3.63, 3.8) is 0 Å². The number of hydrogen-bond donors (Lipinski definition) is 8. The van der Waals surface area contributed by atoms with E-state index in [0.717, 1.165) is 68.8 Å². The fourth-order valence-electron chi connectivity index (χ4n) is 9.21. The van der Waals surface area contributed by atoms with Crippen LogP contribution in [0.15, 0.2) is 41.4 Å². The third kappa shape index (κ3) is 27.5. The van der Waals surface area contributed by atoms with E-state index in [-0.39, 0.29) is 25.1 Å². The molecule has 0 aromatic carbocycles. The van der Waals surface area contributed by atoms with Crippen molar-refractivity contribution < 1.29 is 81.6 Å². The van der Waals surface area contributed by atoms with Gasteiger partial charge in [-0.2, -0.15) is 9.29 Å².